The van der Waals surface area contributed by atoms with Crippen LogP contribution < -0.4 is 15.4 Å². The molecule has 0 bridgehead atoms. The number of ether oxygens (including phenoxy) is 1. The second kappa shape index (κ2) is 28.7. The van der Waals surface area contributed by atoms with Crippen molar-refractivity contribution in [2.45, 2.75) is 36.5 Å². The van der Waals surface area contributed by atoms with Gasteiger partial charge in [0.2, 0.25) is 23.6 Å². The molecule has 0 aliphatic carbocycles. The van der Waals surface area contributed by atoms with Crippen molar-refractivity contribution >= 4 is 35.4 Å². The topological polar surface area (TPSA) is 149 Å². The van der Waals surface area contributed by atoms with Gasteiger partial charge in [0, 0.05) is 37.3 Å². The molecule has 2 fully saturated rings. The highest BCUT2D eigenvalue weighted by Gasteiger charge is 2.41. The van der Waals surface area contributed by atoms with Crippen molar-refractivity contribution in [3.8, 4) is 5.75 Å². The fourth-order valence-electron chi connectivity index (χ4n) is 11.2. The largest absolute Gasteiger partial charge is 0.497 e. The molecule has 0 spiro atoms. The maximum atomic E-state index is 14.4. The van der Waals surface area contributed by atoms with Crippen LogP contribution in [0, 0.1) is 0 Å². The molecular formula is C73H68N6O7. The van der Waals surface area contributed by atoms with Crippen LogP contribution in [0.25, 0.3) is 0 Å². The summed E-state index contributed by atoms with van der Waals surface area (Å²) < 4.78 is 5.22. The average molecular weight is 1140 g/mol. The molecule has 13 heteroatoms. The summed E-state index contributed by atoms with van der Waals surface area (Å²) in [6.07, 6.45) is 0.196. The van der Waals surface area contributed by atoms with Crippen molar-refractivity contribution < 1.29 is 33.5 Å². The van der Waals surface area contributed by atoms with Crippen LogP contribution in [-0.2, 0) is 25.6 Å². The van der Waals surface area contributed by atoms with E-state index >= 15 is 0 Å². The molecule has 0 aromatic heterocycles. The van der Waals surface area contributed by atoms with E-state index in [0.717, 1.165) is 44.7 Å². The smallest absolute Gasteiger partial charge is 0.254 e. The molecule has 0 saturated carbocycles. The number of carbonyl (C=O) groups excluding carboxylic acids is 6. The molecule has 2 heterocycles. The van der Waals surface area contributed by atoms with Gasteiger partial charge in [0.1, 0.15) is 17.8 Å². The molecule has 9 aromatic rings. The Labute approximate surface area is 502 Å². The van der Waals surface area contributed by atoms with Crippen LogP contribution in [0.2, 0.25) is 0 Å². The Morgan fingerprint density at radius 3 is 1.06 bits per heavy atom. The first-order valence-electron chi connectivity index (χ1n) is 29.0. The first kappa shape index (κ1) is 58.8. The minimum atomic E-state index is -0.891. The number of benzene rings is 9. The van der Waals surface area contributed by atoms with Gasteiger partial charge in [-0.25, -0.2) is 0 Å². The third-order valence-corrected chi connectivity index (χ3v) is 15.7. The number of rotatable bonds is 16. The number of carbonyl (C=O) groups is 6. The SMILES string of the molecule is COc1ccc(CC(=O)N2CCN(C(=O)c3ccccc3)C(C(=O)NC(c3ccccc3)c3ccccc3)C2)cc1.O=C(NC(c1ccccc1)c1ccccc1)C1CN(C(=O)C(c2ccccc2)c2ccccc2)CCN1C(=O)c1ccccc1. The molecule has 13 nitrogen and oxygen atoms in total. The van der Waals surface area contributed by atoms with Crippen molar-refractivity contribution in [3.63, 3.8) is 0 Å². The molecule has 6 amide bonds. The fraction of sp³-hybridized carbons (Fsp3) is 0.178. The number of piperazine rings is 2. The summed E-state index contributed by atoms with van der Waals surface area (Å²) in [5.41, 5.74) is 7.33. The van der Waals surface area contributed by atoms with E-state index in [1.54, 1.807) is 63.1 Å². The molecule has 9 aromatic carbocycles. The minimum Gasteiger partial charge on any atom is -0.497 e. The minimum absolute atomic E-state index is 0.0791. The first-order chi connectivity index (χ1) is 42.1. The lowest BCUT2D eigenvalue weighted by Crippen LogP contribution is -2.62. The molecule has 86 heavy (non-hydrogen) atoms. The van der Waals surface area contributed by atoms with Gasteiger partial charge in [0.15, 0.2) is 0 Å². The highest BCUT2D eigenvalue weighted by molar-refractivity contribution is 5.99. The molecule has 432 valence electrons. The zero-order chi connectivity index (χ0) is 59.6. The van der Waals surface area contributed by atoms with Crippen molar-refractivity contribution in [1.29, 1.82) is 0 Å². The second-order valence-corrected chi connectivity index (χ2v) is 21.2. The lowest BCUT2D eigenvalue weighted by atomic mass is 9.89. The number of nitrogens with one attached hydrogen (secondary N) is 2. The van der Waals surface area contributed by atoms with Crippen LogP contribution >= 0.6 is 0 Å². The Balaban J connectivity index is 0.000000192. The van der Waals surface area contributed by atoms with Gasteiger partial charge in [-0.1, -0.05) is 231 Å². The summed E-state index contributed by atoms with van der Waals surface area (Å²) in [6.45, 7) is 1.33. The van der Waals surface area contributed by atoms with E-state index in [1.807, 2.05) is 231 Å². The molecule has 2 saturated heterocycles. The zero-order valence-electron chi connectivity index (χ0n) is 47.9. The Kier molecular flexibility index (Phi) is 19.6. The van der Waals surface area contributed by atoms with Crippen LogP contribution in [0.4, 0.5) is 0 Å². The van der Waals surface area contributed by atoms with Crippen LogP contribution in [0.15, 0.2) is 267 Å². The Morgan fingerprint density at radius 2 is 0.709 bits per heavy atom. The quantitative estimate of drug-likeness (QED) is 0.0979. The van der Waals surface area contributed by atoms with Gasteiger partial charge in [0.25, 0.3) is 11.8 Å². The van der Waals surface area contributed by atoms with Gasteiger partial charge in [-0.15, -0.1) is 0 Å². The fourth-order valence-corrected chi connectivity index (χ4v) is 11.2. The predicted octanol–water partition coefficient (Wildman–Crippen LogP) is 10.6. The van der Waals surface area contributed by atoms with E-state index in [-0.39, 0.29) is 68.0 Å². The van der Waals surface area contributed by atoms with E-state index in [1.165, 1.54) is 0 Å². The molecule has 2 atom stereocenters. The van der Waals surface area contributed by atoms with Gasteiger partial charge in [0.05, 0.1) is 44.6 Å². The summed E-state index contributed by atoms with van der Waals surface area (Å²) in [5.74, 6) is -1.10. The maximum absolute atomic E-state index is 14.4. The zero-order valence-corrected chi connectivity index (χ0v) is 47.9. The van der Waals surface area contributed by atoms with Crippen LogP contribution in [0.5, 0.6) is 5.75 Å². The van der Waals surface area contributed by atoms with Gasteiger partial charge in [-0.2, -0.15) is 0 Å². The van der Waals surface area contributed by atoms with Crippen LogP contribution in [0.1, 0.15) is 77.7 Å². The third-order valence-electron chi connectivity index (χ3n) is 15.7. The average Bonchev–Trinajstić information content (AvgIpc) is 3.71. The van der Waals surface area contributed by atoms with E-state index in [0.29, 0.717) is 24.2 Å². The summed E-state index contributed by atoms with van der Waals surface area (Å²) in [6, 6.07) is 81.2. The van der Waals surface area contributed by atoms with Gasteiger partial charge >= 0.3 is 0 Å². The highest BCUT2D eigenvalue weighted by Crippen LogP contribution is 2.30. The summed E-state index contributed by atoms with van der Waals surface area (Å²) >= 11 is 0. The number of methoxy groups -OCH3 is 1. The molecule has 2 aliphatic heterocycles. The summed E-state index contributed by atoms with van der Waals surface area (Å²) in [7, 11) is 1.60. The second-order valence-electron chi connectivity index (χ2n) is 21.2. The Hall–Kier alpha value is -10.4. The van der Waals surface area contributed by atoms with Crippen molar-refractivity contribution in [2.24, 2.45) is 0 Å². The van der Waals surface area contributed by atoms with Gasteiger partial charge in [-0.3, -0.25) is 28.8 Å². The van der Waals surface area contributed by atoms with Crippen LogP contribution in [0.3, 0.4) is 0 Å². The van der Waals surface area contributed by atoms with Crippen molar-refractivity contribution in [2.75, 3.05) is 46.4 Å². The van der Waals surface area contributed by atoms with Crippen LogP contribution in [-0.4, -0.2) is 114 Å². The first-order valence-corrected chi connectivity index (χ1v) is 29.0. The Bertz CT molecular complexity index is 3550. The highest BCUT2D eigenvalue weighted by atomic mass is 16.5. The number of amides is 6. The molecular weight excluding hydrogens is 1070 g/mol. The molecule has 0 radical (unpaired) electrons. The maximum Gasteiger partial charge on any atom is 0.254 e. The molecule has 2 aliphatic rings. The molecule has 2 N–H and O–H groups in total. The lowest BCUT2D eigenvalue weighted by Gasteiger charge is -2.42. The summed E-state index contributed by atoms with van der Waals surface area (Å²) in [4.78, 5) is 90.2. The van der Waals surface area contributed by atoms with Crippen molar-refractivity contribution in [1.82, 2.24) is 30.2 Å². The summed E-state index contributed by atoms with van der Waals surface area (Å²) in [5, 5.41) is 6.43. The molecule has 2 unspecified atom stereocenters. The van der Waals surface area contributed by atoms with E-state index in [9.17, 15) is 28.8 Å². The number of nitrogens with zero attached hydrogens (tertiary/aromatic N) is 4. The Morgan fingerprint density at radius 1 is 0.395 bits per heavy atom. The molecule has 11 rings (SSSR count). The van der Waals surface area contributed by atoms with E-state index in [2.05, 4.69) is 10.6 Å². The monoisotopic (exact) mass is 1140 g/mol. The number of hydrogen-bond donors (Lipinski definition) is 2. The van der Waals surface area contributed by atoms with Crippen molar-refractivity contribution in [3.05, 3.63) is 317 Å². The standard InChI is InChI=1S/C39H35N3O3.C34H33N3O4/c43-37(40-36(31-20-10-3-11-21-31)32-22-12-4-13-23-32)34-28-41(26-27-42(34)38(44)33-24-14-5-15-25-33)39(45)35(29-16-6-1-7-17-29)30-18-8-2-9-19-30;1-41-29-19-17-25(18-20-29)23-31(38)36-21-22-37(34(40)28-15-9-4-10-16-28)30(24-36)33(39)35-32(26-11-5-2-6-12-26)27-13-7-3-8-14-27/h1-25,34-36H,26-28H2,(H,40,43);2-20,30,32H,21-24H2,1H3,(H,35,39). The van der Waals surface area contributed by atoms with E-state index < -0.39 is 30.1 Å². The number of hydrogen-bond acceptors (Lipinski definition) is 7. The predicted molar refractivity (Wildman–Crippen MR) is 333 cm³/mol. The normalized spacial score (nSPS) is 14.8. The van der Waals surface area contributed by atoms with E-state index in [4.69, 9.17) is 4.74 Å². The third kappa shape index (κ3) is 14.5. The van der Waals surface area contributed by atoms with Gasteiger partial charge in [-0.05, 0) is 75.3 Å². The lowest BCUT2D eigenvalue weighted by molar-refractivity contribution is -0.138. The van der Waals surface area contributed by atoms with Gasteiger partial charge < -0.3 is 35.0 Å².